The lowest BCUT2D eigenvalue weighted by Crippen LogP contribution is -2.25. The third-order valence-electron chi connectivity index (χ3n) is 5.01. The van der Waals surface area contributed by atoms with Crippen LogP contribution < -0.4 is 10.6 Å². The van der Waals surface area contributed by atoms with Crippen LogP contribution in [0.5, 0.6) is 0 Å². The van der Waals surface area contributed by atoms with Gasteiger partial charge >= 0.3 is 0 Å². The molecule has 0 aliphatic carbocycles. The van der Waals surface area contributed by atoms with E-state index in [4.69, 9.17) is 4.98 Å². The van der Waals surface area contributed by atoms with E-state index < -0.39 is 0 Å². The number of imidazole rings is 1. The molecule has 3 rings (SSSR count). The van der Waals surface area contributed by atoms with Crippen LogP contribution in [0.3, 0.4) is 0 Å². The second kappa shape index (κ2) is 9.01. The predicted molar refractivity (Wildman–Crippen MR) is 113 cm³/mol. The Labute approximate surface area is 166 Å². The topological polar surface area (TPSA) is 87.9 Å². The van der Waals surface area contributed by atoms with Crippen LogP contribution in [0.1, 0.15) is 45.7 Å². The van der Waals surface area contributed by atoms with Crippen LogP contribution in [0.4, 0.5) is 11.8 Å². The molecule has 2 aromatic heterocycles. The monoisotopic (exact) mass is 382 g/mol. The van der Waals surface area contributed by atoms with Crippen molar-refractivity contribution in [3.05, 3.63) is 42.2 Å². The normalized spacial score (nSPS) is 13.6. The number of rotatable bonds is 9. The van der Waals surface area contributed by atoms with E-state index >= 15 is 0 Å². The van der Waals surface area contributed by atoms with Crippen LogP contribution in [-0.2, 0) is 6.54 Å². The number of hydrogen-bond acceptors (Lipinski definition) is 6. The molecule has 3 aromatic rings. The van der Waals surface area contributed by atoms with Gasteiger partial charge in [0.15, 0.2) is 17.0 Å². The van der Waals surface area contributed by atoms with E-state index in [1.807, 2.05) is 36.0 Å². The average Bonchev–Trinajstić information content (AvgIpc) is 3.11. The van der Waals surface area contributed by atoms with Crippen LogP contribution in [0.15, 0.2) is 36.7 Å². The standard InChI is InChI=1S/C21H30N6O/c1-5-17(15(4)28)12-23-21-25-19(22-11-16-9-7-6-8-10-16)18-20(26-21)27(13-24-18)14(2)3/h6-10,13-15,17,28H,5,11-12H2,1-4H3,(H2,22,23,25,26)/t15-,17?/m1/s1. The first-order valence-electron chi connectivity index (χ1n) is 9.93. The number of fused-ring (bicyclic) bond motifs is 1. The van der Waals surface area contributed by atoms with Crippen molar-refractivity contribution in [3.63, 3.8) is 0 Å². The zero-order valence-electron chi connectivity index (χ0n) is 17.1. The highest BCUT2D eigenvalue weighted by Crippen LogP contribution is 2.24. The summed E-state index contributed by atoms with van der Waals surface area (Å²) in [4.78, 5) is 13.9. The molecule has 0 aliphatic heterocycles. The quantitative estimate of drug-likeness (QED) is 0.521. The molecule has 2 atom stereocenters. The molecule has 7 nitrogen and oxygen atoms in total. The van der Waals surface area contributed by atoms with E-state index in [0.29, 0.717) is 24.9 Å². The second-order valence-electron chi connectivity index (χ2n) is 7.44. The van der Waals surface area contributed by atoms with Crippen LogP contribution >= 0.6 is 0 Å². The van der Waals surface area contributed by atoms with Gasteiger partial charge in [0.2, 0.25) is 5.95 Å². The predicted octanol–water partition coefficient (Wildman–Crippen LogP) is 3.84. The molecule has 28 heavy (non-hydrogen) atoms. The number of aromatic nitrogens is 4. The summed E-state index contributed by atoms with van der Waals surface area (Å²) in [5, 5.41) is 16.6. The fraction of sp³-hybridized carbons (Fsp3) is 0.476. The van der Waals surface area contributed by atoms with Gasteiger partial charge in [-0.25, -0.2) is 4.98 Å². The van der Waals surface area contributed by atoms with E-state index in [9.17, 15) is 5.11 Å². The van der Waals surface area contributed by atoms with Gasteiger partial charge < -0.3 is 20.3 Å². The number of aliphatic hydroxyl groups excluding tert-OH is 1. The number of nitrogens with zero attached hydrogens (tertiary/aromatic N) is 4. The molecule has 1 aromatic carbocycles. The van der Waals surface area contributed by atoms with E-state index in [-0.39, 0.29) is 18.1 Å². The average molecular weight is 383 g/mol. The maximum absolute atomic E-state index is 9.90. The van der Waals surface area contributed by atoms with Gasteiger partial charge in [0.25, 0.3) is 0 Å². The van der Waals surface area contributed by atoms with Crippen molar-refractivity contribution < 1.29 is 5.11 Å². The van der Waals surface area contributed by atoms with Crippen LogP contribution in [0.2, 0.25) is 0 Å². The number of aliphatic hydroxyl groups is 1. The maximum Gasteiger partial charge on any atom is 0.226 e. The molecule has 0 saturated heterocycles. The zero-order chi connectivity index (χ0) is 20.1. The molecule has 0 amide bonds. The van der Waals surface area contributed by atoms with E-state index in [1.165, 1.54) is 5.56 Å². The van der Waals surface area contributed by atoms with Crippen molar-refractivity contribution in [1.29, 1.82) is 0 Å². The first-order chi connectivity index (χ1) is 13.5. The van der Waals surface area contributed by atoms with Gasteiger partial charge in [-0.1, -0.05) is 37.3 Å². The number of hydrogen-bond donors (Lipinski definition) is 3. The SMILES string of the molecule is CCC(CNc1nc(NCc2ccccc2)c2ncn(C(C)C)c2n1)[C@@H](C)O. The summed E-state index contributed by atoms with van der Waals surface area (Å²) < 4.78 is 2.04. The van der Waals surface area contributed by atoms with Crippen LogP contribution in [0, 0.1) is 5.92 Å². The number of benzene rings is 1. The molecular formula is C21H30N6O. The molecule has 150 valence electrons. The lowest BCUT2D eigenvalue weighted by atomic mass is 10.0. The van der Waals surface area contributed by atoms with Gasteiger partial charge in [0, 0.05) is 25.0 Å². The molecule has 0 aliphatic rings. The number of nitrogens with one attached hydrogen (secondary N) is 2. The van der Waals surface area contributed by atoms with Crippen molar-refractivity contribution in [2.45, 2.75) is 52.8 Å². The Morgan fingerprint density at radius 3 is 2.46 bits per heavy atom. The molecule has 7 heteroatoms. The van der Waals surface area contributed by atoms with Crippen LogP contribution in [0.25, 0.3) is 11.2 Å². The highest BCUT2D eigenvalue weighted by atomic mass is 16.3. The summed E-state index contributed by atoms with van der Waals surface area (Å²) >= 11 is 0. The Morgan fingerprint density at radius 2 is 1.82 bits per heavy atom. The van der Waals surface area contributed by atoms with Crippen molar-refractivity contribution in [3.8, 4) is 0 Å². The Morgan fingerprint density at radius 1 is 1.07 bits per heavy atom. The first kappa shape index (κ1) is 20.1. The molecule has 0 spiro atoms. The van der Waals surface area contributed by atoms with Gasteiger partial charge in [0.1, 0.15) is 0 Å². The van der Waals surface area contributed by atoms with Crippen LogP contribution in [-0.4, -0.2) is 37.3 Å². The largest absolute Gasteiger partial charge is 0.393 e. The highest BCUT2D eigenvalue weighted by molar-refractivity contribution is 5.84. The number of anilines is 2. The summed E-state index contributed by atoms with van der Waals surface area (Å²) in [5.74, 6) is 1.40. The Hall–Kier alpha value is -2.67. The molecule has 3 N–H and O–H groups in total. The molecule has 0 fully saturated rings. The van der Waals surface area contributed by atoms with E-state index in [0.717, 1.165) is 17.6 Å². The van der Waals surface area contributed by atoms with Gasteiger partial charge in [-0.15, -0.1) is 0 Å². The Balaban J connectivity index is 1.89. The molecular weight excluding hydrogens is 352 g/mol. The smallest absolute Gasteiger partial charge is 0.226 e. The van der Waals surface area contributed by atoms with Gasteiger partial charge in [-0.2, -0.15) is 9.97 Å². The Kier molecular flexibility index (Phi) is 6.46. The highest BCUT2D eigenvalue weighted by Gasteiger charge is 2.17. The summed E-state index contributed by atoms with van der Waals surface area (Å²) in [6.45, 7) is 9.38. The third kappa shape index (κ3) is 4.59. The minimum atomic E-state index is -0.377. The van der Waals surface area contributed by atoms with E-state index in [2.05, 4.69) is 53.5 Å². The second-order valence-corrected chi connectivity index (χ2v) is 7.44. The minimum absolute atomic E-state index is 0.148. The fourth-order valence-corrected chi connectivity index (χ4v) is 3.16. The van der Waals surface area contributed by atoms with Crippen molar-refractivity contribution in [1.82, 2.24) is 19.5 Å². The molecule has 0 radical (unpaired) electrons. The molecule has 1 unspecified atom stereocenters. The van der Waals surface area contributed by atoms with E-state index in [1.54, 1.807) is 0 Å². The van der Waals surface area contributed by atoms with Gasteiger partial charge in [-0.3, -0.25) is 0 Å². The lowest BCUT2D eigenvalue weighted by molar-refractivity contribution is 0.129. The summed E-state index contributed by atoms with van der Waals surface area (Å²) in [6.07, 6.45) is 2.32. The summed E-state index contributed by atoms with van der Waals surface area (Å²) in [7, 11) is 0. The van der Waals surface area contributed by atoms with Crippen molar-refractivity contribution >= 4 is 22.9 Å². The van der Waals surface area contributed by atoms with Crippen molar-refractivity contribution in [2.75, 3.05) is 17.2 Å². The van der Waals surface area contributed by atoms with Crippen molar-refractivity contribution in [2.24, 2.45) is 5.92 Å². The molecule has 0 saturated carbocycles. The first-order valence-corrected chi connectivity index (χ1v) is 9.93. The van der Waals surface area contributed by atoms with Gasteiger partial charge in [-0.05, 0) is 32.8 Å². The lowest BCUT2D eigenvalue weighted by Gasteiger charge is -2.19. The fourth-order valence-electron chi connectivity index (χ4n) is 3.16. The summed E-state index contributed by atoms with van der Waals surface area (Å²) in [6, 6.07) is 10.4. The Bertz CT molecular complexity index is 891. The van der Waals surface area contributed by atoms with Gasteiger partial charge in [0.05, 0.1) is 12.4 Å². The summed E-state index contributed by atoms with van der Waals surface area (Å²) in [5.41, 5.74) is 2.73. The minimum Gasteiger partial charge on any atom is -0.393 e. The zero-order valence-corrected chi connectivity index (χ0v) is 17.1. The molecule has 0 bridgehead atoms. The maximum atomic E-state index is 9.90. The molecule has 2 heterocycles. The third-order valence-corrected chi connectivity index (χ3v) is 5.01.